The first-order valence-electron chi connectivity index (χ1n) is 10.1. The van der Waals surface area contributed by atoms with E-state index in [1.54, 1.807) is 0 Å². The Bertz CT molecular complexity index is 1080. The standard InChI is InChI=1S/C24H24Cl2F2N2O2/c1-23(2,3)11-18-24(12-29,15-9-8-13(25)10-17(15)27)19(21(30-18)22(31)32-4)14-6-5-7-16(26)20(14)28/h5-10,18-19,21,30H,11H2,1-4H3. The lowest BCUT2D eigenvalue weighted by molar-refractivity contribution is -0.143. The predicted octanol–water partition coefficient (Wildman–Crippen LogP) is 5.77. The summed E-state index contributed by atoms with van der Waals surface area (Å²) in [6.07, 6.45) is 0.398. The molecule has 8 heteroatoms. The summed E-state index contributed by atoms with van der Waals surface area (Å²) in [5, 5.41) is 13.8. The fraction of sp³-hybridized carbons (Fsp3) is 0.417. The second kappa shape index (κ2) is 8.97. The van der Waals surface area contributed by atoms with Gasteiger partial charge in [-0.1, -0.05) is 62.2 Å². The van der Waals surface area contributed by atoms with Crippen molar-refractivity contribution in [2.24, 2.45) is 5.41 Å². The number of rotatable bonds is 4. The minimum Gasteiger partial charge on any atom is -0.468 e. The second-order valence-electron chi connectivity index (χ2n) is 9.21. The van der Waals surface area contributed by atoms with Crippen LogP contribution in [-0.4, -0.2) is 25.2 Å². The van der Waals surface area contributed by atoms with E-state index in [0.29, 0.717) is 6.42 Å². The molecule has 2 aromatic carbocycles. The third kappa shape index (κ3) is 4.22. The zero-order valence-electron chi connectivity index (χ0n) is 18.2. The zero-order valence-corrected chi connectivity index (χ0v) is 19.7. The second-order valence-corrected chi connectivity index (χ2v) is 10.1. The quantitative estimate of drug-likeness (QED) is 0.564. The molecule has 2 aromatic rings. The molecule has 0 aliphatic carbocycles. The summed E-state index contributed by atoms with van der Waals surface area (Å²) in [7, 11) is 1.21. The Morgan fingerprint density at radius 2 is 1.94 bits per heavy atom. The molecule has 1 heterocycles. The van der Waals surface area contributed by atoms with Crippen LogP contribution in [0.25, 0.3) is 0 Å². The average Bonchev–Trinajstić information content (AvgIpc) is 3.02. The summed E-state index contributed by atoms with van der Waals surface area (Å²) in [6, 6.07) is 8.85. The van der Waals surface area contributed by atoms with Crippen LogP contribution in [0.15, 0.2) is 36.4 Å². The SMILES string of the molecule is COC(=O)C1NC(CC(C)(C)C)C(C#N)(c2ccc(Cl)cc2F)C1c1cccc(Cl)c1F. The Labute approximate surface area is 196 Å². The highest BCUT2D eigenvalue weighted by atomic mass is 35.5. The lowest BCUT2D eigenvalue weighted by Gasteiger charge is -2.37. The van der Waals surface area contributed by atoms with Crippen molar-refractivity contribution in [2.75, 3.05) is 7.11 Å². The van der Waals surface area contributed by atoms with Crippen molar-refractivity contribution in [3.63, 3.8) is 0 Å². The number of hydrogen-bond acceptors (Lipinski definition) is 4. The summed E-state index contributed by atoms with van der Waals surface area (Å²) in [5.41, 5.74) is -1.88. The number of nitrogens with one attached hydrogen (secondary N) is 1. The third-order valence-electron chi connectivity index (χ3n) is 5.90. The average molecular weight is 481 g/mol. The first-order valence-corrected chi connectivity index (χ1v) is 10.9. The lowest BCUT2D eigenvalue weighted by atomic mass is 9.62. The first kappa shape index (κ1) is 24.4. The normalized spacial score (nSPS) is 25.4. The van der Waals surface area contributed by atoms with Gasteiger partial charge < -0.3 is 4.74 Å². The maximum Gasteiger partial charge on any atom is 0.323 e. The highest BCUT2D eigenvalue weighted by Gasteiger charge is 2.61. The number of nitriles is 1. The van der Waals surface area contributed by atoms with Gasteiger partial charge in [0, 0.05) is 22.5 Å². The molecule has 0 aromatic heterocycles. The van der Waals surface area contributed by atoms with Gasteiger partial charge in [-0.25, -0.2) is 8.78 Å². The lowest BCUT2D eigenvalue weighted by Crippen LogP contribution is -2.44. The van der Waals surface area contributed by atoms with E-state index < -0.39 is 41.0 Å². The molecular weight excluding hydrogens is 457 g/mol. The van der Waals surface area contributed by atoms with E-state index in [1.807, 2.05) is 20.8 Å². The molecule has 0 spiro atoms. The summed E-state index contributed by atoms with van der Waals surface area (Å²) >= 11 is 12.0. The fourth-order valence-electron chi connectivity index (χ4n) is 4.66. The van der Waals surface area contributed by atoms with E-state index in [1.165, 1.54) is 37.4 Å². The Hall–Kier alpha value is -2.20. The van der Waals surface area contributed by atoms with Gasteiger partial charge in [-0.3, -0.25) is 10.1 Å². The van der Waals surface area contributed by atoms with Crippen molar-refractivity contribution >= 4 is 29.2 Å². The van der Waals surface area contributed by atoms with Crippen molar-refractivity contribution in [2.45, 2.75) is 50.6 Å². The monoisotopic (exact) mass is 480 g/mol. The zero-order chi connectivity index (χ0) is 23.8. The summed E-state index contributed by atoms with van der Waals surface area (Å²) < 4.78 is 35.6. The fourth-order valence-corrected chi connectivity index (χ4v) is 5.00. The van der Waals surface area contributed by atoms with Gasteiger partial charge in [-0.15, -0.1) is 0 Å². The van der Waals surface area contributed by atoms with Crippen LogP contribution in [0.5, 0.6) is 0 Å². The molecule has 1 N–H and O–H groups in total. The molecule has 4 unspecified atom stereocenters. The summed E-state index contributed by atoms with van der Waals surface area (Å²) in [5.74, 6) is -3.26. The number of methoxy groups -OCH3 is 1. The van der Waals surface area contributed by atoms with Gasteiger partial charge in [0.05, 0.1) is 18.2 Å². The van der Waals surface area contributed by atoms with Crippen LogP contribution in [0, 0.1) is 28.4 Å². The van der Waals surface area contributed by atoms with Crippen molar-refractivity contribution in [1.82, 2.24) is 5.32 Å². The largest absolute Gasteiger partial charge is 0.468 e. The van der Waals surface area contributed by atoms with Crippen LogP contribution < -0.4 is 5.32 Å². The number of nitrogens with zero attached hydrogens (tertiary/aromatic N) is 1. The van der Waals surface area contributed by atoms with Crippen LogP contribution in [-0.2, 0) is 14.9 Å². The predicted molar refractivity (Wildman–Crippen MR) is 120 cm³/mol. The van der Waals surface area contributed by atoms with Crippen molar-refractivity contribution in [3.05, 3.63) is 69.2 Å². The molecule has 1 saturated heterocycles. The van der Waals surface area contributed by atoms with E-state index in [9.17, 15) is 10.1 Å². The number of carbonyl (C=O) groups is 1. The van der Waals surface area contributed by atoms with Crippen LogP contribution >= 0.6 is 23.2 Å². The molecule has 4 atom stereocenters. The van der Waals surface area contributed by atoms with Gasteiger partial charge in [0.1, 0.15) is 23.1 Å². The number of halogens is 4. The maximum absolute atomic E-state index is 15.3. The Balaban J connectivity index is 2.39. The molecule has 1 fully saturated rings. The molecule has 3 rings (SSSR count). The summed E-state index contributed by atoms with van der Waals surface area (Å²) in [6.45, 7) is 5.90. The van der Waals surface area contributed by atoms with Crippen LogP contribution in [0.3, 0.4) is 0 Å². The van der Waals surface area contributed by atoms with Crippen LogP contribution in [0.1, 0.15) is 44.2 Å². The molecule has 1 aliphatic rings. The highest BCUT2D eigenvalue weighted by molar-refractivity contribution is 6.31. The van der Waals surface area contributed by atoms with E-state index in [2.05, 4.69) is 11.4 Å². The first-order chi connectivity index (χ1) is 15.0. The van der Waals surface area contributed by atoms with Crippen molar-refractivity contribution in [1.29, 1.82) is 5.26 Å². The van der Waals surface area contributed by atoms with Crippen molar-refractivity contribution in [3.8, 4) is 6.07 Å². The van der Waals surface area contributed by atoms with Gasteiger partial charge in [-0.2, -0.15) is 5.26 Å². The highest BCUT2D eigenvalue weighted by Crippen LogP contribution is 2.52. The van der Waals surface area contributed by atoms with Crippen LogP contribution in [0.2, 0.25) is 10.0 Å². The van der Waals surface area contributed by atoms with Gasteiger partial charge in [0.2, 0.25) is 0 Å². The molecule has 0 radical (unpaired) electrons. The van der Waals surface area contributed by atoms with E-state index in [0.717, 1.165) is 6.07 Å². The minimum atomic E-state index is -1.65. The molecule has 32 heavy (non-hydrogen) atoms. The Kier molecular flexibility index (Phi) is 6.86. The van der Waals surface area contributed by atoms with Gasteiger partial charge in [0.25, 0.3) is 0 Å². The van der Waals surface area contributed by atoms with Gasteiger partial charge >= 0.3 is 5.97 Å². The molecule has 4 nitrogen and oxygen atoms in total. The summed E-state index contributed by atoms with van der Waals surface area (Å²) in [4.78, 5) is 12.8. The van der Waals surface area contributed by atoms with E-state index in [-0.39, 0.29) is 26.6 Å². The molecular formula is C24H24Cl2F2N2O2. The minimum absolute atomic E-state index is 0.0296. The number of hydrogen-bond donors (Lipinski definition) is 1. The number of benzene rings is 2. The number of carbonyl (C=O) groups excluding carboxylic acids is 1. The molecule has 0 bridgehead atoms. The van der Waals surface area contributed by atoms with Crippen LogP contribution in [0.4, 0.5) is 8.78 Å². The van der Waals surface area contributed by atoms with Gasteiger partial charge in [-0.05, 0) is 35.6 Å². The number of ether oxygens (including phenoxy) is 1. The number of esters is 1. The Morgan fingerprint density at radius 3 is 2.50 bits per heavy atom. The molecule has 0 amide bonds. The van der Waals surface area contributed by atoms with Crippen molar-refractivity contribution < 1.29 is 18.3 Å². The topological polar surface area (TPSA) is 62.1 Å². The maximum atomic E-state index is 15.3. The van der Waals surface area contributed by atoms with E-state index >= 15 is 8.78 Å². The Morgan fingerprint density at radius 1 is 1.25 bits per heavy atom. The van der Waals surface area contributed by atoms with Gasteiger partial charge in [0.15, 0.2) is 0 Å². The molecule has 1 aliphatic heterocycles. The smallest absolute Gasteiger partial charge is 0.323 e. The van der Waals surface area contributed by atoms with E-state index in [4.69, 9.17) is 27.9 Å². The third-order valence-corrected chi connectivity index (χ3v) is 6.43. The molecule has 0 saturated carbocycles. The molecule has 170 valence electrons.